The maximum absolute atomic E-state index is 12.5. The minimum Gasteiger partial charge on any atom is -0.484 e. The number of anilines is 1. The molecule has 0 atom stereocenters. The van der Waals surface area contributed by atoms with Crippen LogP contribution in [0.25, 0.3) is 0 Å². The highest BCUT2D eigenvalue weighted by molar-refractivity contribution is 9.10. The lowest BCUT2D eigenvalue weighted by molar-refractivity contribution is -0.130. The van der Waals surface area contributed by atoms with Gasteiger partial charge in [0.1, 0.15) is 10.6 Å². The van der Waals surface area contributed by atoms with Crippen LogP contribution in [0, 0.1) is 6.92 Å². The van der Waals surface area contributed by atoms with E-state index >= 15 is 0 Å². The van der Waals surface area contributed by atoms with Gasteiger partial charge in [0.05, 0.1) is 0 Å². The standard InChI is InChI=1S/C17H19BrN2O4S/c1-12-4-9-16(15(18)10-12)25(22,23)19-13-5-7-14(8-6-13)24-11-17(21)20(2)3/h4-10,19H,11H2,1-3H3. The Balaban J connectivity index is 2.08. The molecule has 0 aliphatic rings. The zero-order valence-corrected chi connectivity index (χ0v) is 16.5. The molecule has 0 heterocycles. The Labute approximate surface area is 156 Å². The van der Waals surface area contributed by atoms with Gasteiger partial charge >= 0.3 is 0 Å². The van der Waals surface area contributed by atoms with Crippen molar-refractivity contribution < 1.29 is 17.9 Å². The van der Waals surface area contributed by atoms with Crippen molar-refractivity contribution in [2.75, 3.05) is 25.4 Å². The number of likely N-dealkylation sites (N-methyl/N-ethyl adjacent to an activating group) is 1. The van der Waals surface area contributed by atoms with Crippen molar-refractivity contribution in [2.24, 2.45) is 0 Å². The van der Waals surface area contributed by atoms with Gasteiger partial charge in [-0.05, 0) is 64.8 Å². The van der Waals surface area contributed by atoms with Crippen LogP contribution in [0.1, 0.15) is 5.56 Å². The minimum absolute atomic E-state index is 0.0750. The Morgan fingerprint density at radius 2 is 1.80 bits per heavy atom. The molecule has 1 amide bonds. The number of benzene rings is 2. The molecule has 8 heteroatoms. The van der Waals surface area contributed by atoms with E-state index in [1.807, 2.05) is 6.92 Å². The van der Waals surface area contributed by atoms with E-state index in [1.165, 1.54) is 4.90 Å². The monoisotopic (exact) mass is 426 g/mol. The highest BCUT2D eigenvalue weighted by Crippen LogP contribution is 2.26. The zero-order valence-electron chi connectivity index (χ0n) is 14.1. The second kappa shape index (κ2) is 7.88. The Bertz CT molecular complexity index is 865. The van der Waals surface area contributed by atoms with Crippen molar-refractivity contribution in [1.82, 2.24) is 4.90 Å². The summed E-state index contributed by atoms with van der Waals surface area (Å²) in [5, 5.41) is 0. The van der Waals surface area contributed by atoms with Crippen molar-refractivity contribution in [3.05, 3.63) is 52.5 Å². The Morgan fingerprint density at radius 1 is 1.16 bits per heavy atom. The van der Waals surface area contributed by atoms with Gasteiger partial charge in [0, 0.05) is 24.3 Å². The second-order valence-corrected chi connectivity index (χ2v) is 8.15. The Hall–Kier alpha value is -2.06. The van der Waals surface area contributed by atoms with Crippen LogP contribution >= 0.6 is 15.9 Å². The normalized spacial score (nSPS) is 11.0. The first-order chi connectivity index (χ1) is 11.7. The van der Waals surface area contributed by atoms with E-state index < -0.39 is 10.0 Å². The van der Waals surface area contributed by atoms with Gasteiger partial charge in [0.2, 0.25) is 0 Å². The predicted octanol–water partition coefficient (Wildman–Crippen LogP) is 3.03. The summed E-state index contributed by atoms with van der Waals surface area (Å²) in [4.78, 5) is 13.1. The smallest absolute Gasteiger partial charge is 0.263 e. The summed E-state index contributed by atoms with van der Waals surface area (Å²) in [6.07, 6.45) is 0. The second-order valence-electron chi connectivity index (χ2n) is 5.64. The number of nitrogens with one attached hydrogen (secondary N) is 1. The van der Waals surface area contributed by atoms with E-state index in [4.69, 9.17) is 4.74 Å². The fourth-order valence-corrected chi connectivity index (χ4v) is 4.18. The molecule has 25 heavy (non-hydrogen) atoms. The van der Waals surface area contributed by atoms with Crippen LogP contribution < -0.4 is 9.46 Å². The van der Waals surface area contributed by atoms with Gasteiger partial charge in [-0.3, -0.25) is 9.52 Å². The van der Waals surface area contributed by atoms with Gasteiger partial charge in [-0.25, -0.2) is 8.42 Å². The first kappa shape index (κ1) is 19.3. The Kier molecular flexibility index (Phi) is 6.07. The van der Waals surface area contributed by atoms with Crippen LogP contribution in [0.2, 0.25) is 0 Å². The molecule has 6 nitrogen and oxygen atoms in total. The van der Waals surface area contributed by atoms with Crippen LogP contribution in [-0.2, 0) is 14.8 Å². The largest absolute Gasteiger partial charge is 0.484 e. The van der Waals surface area contributed by atoms with Gasteiger partial charge in [-0.2, -0.15) is 0 Å². The van der Waals surface area contributed by atoms with Crippen LogP contribution in [0.5, 0.6) is 5.75 Å². The van der Waals surface area contributed by atoms with Gasteiger partial charge in [0.25, 0.3) is 15.9 Å². The summed E-state index contributed by atoms with van der Waals surface area (Å²) >= 11 is 3.28. The number of amides is 1. The summed E-state index contributed by atoms with van der Waals surface area (Å²) in [5.74, 6) is 0.323. The molecular weight excluding hydrogens is 408 g/mol. The van der Waals surface area contributed by atoms with E-state index in [0.29, 0.717) is 15.9 Å². The van der Waals surface area contributed by atoms with E-state index in [0.717, 1.165) is 5.56 Å². The number of nitrogens with zero attached hydrogens (tertiary/aromatic N) is 1. The molecule has 2 rings (SSSR count). The minimum atomic E-state index is -3.71. The topological polar surface area (TPSA) is 75.7 Å². The van der Waals surface area contributed by atoms with Gasteiger partial charge in [-0.15, -0.1) is 0 Å². The van der Waals surface area contributed by atoms with Crippen molar-refractivity contribution in [3.63, 3.8) is 0 Å². The molecule has 0 fully saturated rings. The maximum atomic E-state index is 12.5. The predicted molar refractivity (Wildman–Crippen MR) is 100 cm³/mol. The molecule has 2 aromatic rings. The molecule has 0 saturated carbocycles. The van der Waals surface area contributed by atoms with Crippen molar-refractivity contribution in [1.29, 1.82) is 0 Å². The van der Waals surface area contributed by atoms with Crippen molar-refractivity contribution in [2.45, 2.75) is 11.8 Å². The molecule has 0 aliphatic carbocycles. The molecule has 0 aromatic heterocycles. The lowest BCUT2D eigenvalue weighted by atomic mass is 10.2. The first-order valence-electron chi connectivity index (χ1n) is 7.41. The van der Waals surface area contributed by atoms with Crippen LogP contribution in [0.15, 0.2) is 51.8 Å². The first-order valence-corrected chi connectivity index (χ1v) is 9.68. The number of hydrogen-bond acceptors (Lipinski definition) is 4. The van der Waals surface area contributed by atoms with Crippen molar-refractivity contribution >= 4 is 37.5 Å². The lowest BCUT2D eigenvalue weighted by Crippen LogP contribution is -2.27. The van der Waals surface area contributed by atoms with Gasteiger partial charge in [0.15, 0.2) is 6.61 Å². The molecule has 0 unspecified atom stereocenters. The number of ether oxygens (including phenoxy) is 1. The Morgan fingerprint density at radius 3 is 2.36 bits per heavy atom. The van der Waals surface area contributed by atoms with E-state index in [2.05, 4.69) is 20.7 Å². The molecule has 2 aromatic carbocycles. The van der Waals surface area contributed by atoms with E-state index in [1.54, 1.807) is 56.6 Å². The molecular formula is C17H19BrN2O4S. The number of sulfonamides is 1. The average Bonchev–Trinajstić information content (AvgIpc) is 2.53. The number of carbonyl (C=O) groups excluding carboxylic acids is 1. The van der Waals surface area contributed by atoms with Crippen LogP contribution in [0.3, 0.4) is 0 Å². The molecule has 0 aliphatic heterocycles. The number of carbonyl (C=O) groups is 1. The third-order valence-electron chi connectivity index (χ3n) is 3.34. The molecule has 0 bridgehead atoms. The third kappa shape index (κ3) is 5.20. The zero-order chi connectivity index (χ0) is 18.6. The van der Waals surface area contributed by atoms with Gasteiger partial charge in [-0.1, -0.05) is 6.07 Å². The summed E-state index contributed by atoms with van der Waals surface area (Å²) in [5.41, 5.74) is 1.36. The van der Waals surface area contributed by atoms with Crippen LogP contribution in [0.4, 0.5) is 5.69 Å². The molecule has 0 saturated heterocycles. The molecule has 0 radical (unpaired) electrons. The number of aryl methyl sites for hydroxylation is 1. The summed E-state index contributed by atoms with van der Waals surface area (Å²) in [7, 11) is -0.418. The van der Waals surface area contributed by atoms with E-state index in [-0.39, 0.29) is 17.4 Å². The van der Waals surface area contributed by atoms with Crippen LogP contribution in [-0.4, -0.2) is 39.9 Å². The highest BCUT2D eigenvalue weighted by atomic mass is 79.9. The molecule has 1 N–H and O–H groups in total. The number of halogens is 1. The quantitative estimate of drug-likeness (QED) is 0.769. The number of hydrogen-bond donors (Lipinski definition) is 1. The lowest BCUT2D eigenvalue weighted by Gasteiger charge is -2.12. The van der Waals surface area contributed by atoms with Gasteiger partial charge < -0.3 is 9.64 Å². The third-order valence-corrected chi connectivity index (χ3v) is 5.70. The van der Waals surface area contributed by atoms with Crippen molar-refractivity contribution in [3.8, 4) is 5.75 Å². The fourth-order valence-electron chi connectivity index (χ4n) is 1.93. The van der Waals surface area contributed by atoms with E-state index in [9.17, 15) is 13.2 Å². The molecule has 0 spiro atoms. The summed E-state index contributed by atoms with van der Waals surface area (Å²) in [6.45, 7) is 1.81. The summed E-state index contributed by atoms with van der Waals surface area (Å²) < 4.78 is 33.3. The number of rotatable bonds is 6. The SMILES string of the molecule is Cc1ccc(S(=O)(=O)Nc2ccc(OCC(=O)N(C)C)cc2)c(Br)c1. The summed E-state index contributed by atoms with van der Waals surface area (Å²) in [6, 6.07) is 11.4. The average molecular weight is 427 g/mol. The highest BCUT2D eigenvalue weighted by Gasteiger charge is 2.17. The fraction of sp³-hybridized carbons (Fsp3) is 0.235. The molecule has 134 valence electrons. The maximum Gasteiger partial charge on any atom is 0.263 e.